The van der Waals surface area contributed by atoms with Crippen LogP contribution in [0.1, 0.15) is 30.9 Å². The Bertz CT molecular complexity index is 377. The van der Waals surface area contributed by atoms with Crippen LogP contribution in [-0.2, 0) is 11.2 Å². The van der Waals surface area contributed by atoms with Gasteiger partial charge in [-0.2, -0.15) is 0 Å². The molecular formula is C15H24N2O. The first-order valence-corrected chi connectivity index (χ1v) is 6.88. The van der Waals surface area contributed by atoms with Crippen molar-refractivity contribution in [2.45, 2.75) is 45.3 Å². The summed E-state index contributed by atoms with van der Waals surface area (Å²) in [6.07, 6.45) is 3.73. The van der Waals surface area contributed by atoms with Crippen LogP contribution < -0.4 is 11.3 Å². The van der Waals surface area contributed by atoms with E-state index in [-0.39, 0.29) is 12.1 Å². The second-order valence-corrected chi connectivity index (χ2v) is 5.16. The fourth-order valence-electron chi connectivity index (χ4n) is 2.54. The topological polar surface area (TPSA) is 47.3 Å². The van der Waals surface area contributed by atoms with Crippen molar-refractivity contribution in [3.05, 3.63) is 35.4 Å². The summed E-state index contributed by atoms with van der Waals surface area (Å²) in [5.74, 6) is 6.43. The van der Waals surface area contributed by atoms with Gasteiger partial charge in [-0.15, -0.1) is 0 Å². The highest BCUT2D eigenvalue weighted by Gasteiger charge is 2.36. The molecule has 3 heteroatoms. The fraction of sp³-hybridized carbons (Fsp3) is 0.600. The number of benzene rings is 1. The van der Waals surface area contributed by atoms with Gasteiger partial charge in [0.2, 0.25) is 0 Å². The van der Waals surface area contributed by atoms with Crippen LogP contribution >= 0.6 is 0 Å². The van der Waals surface area contributed by atoms with Crippen LogP contribution in [0.2, 0.25) is 0 Å². The van der Waals surface area contributed by atoms with Crippen molar-refractivity contribution in [2.24, 2.45) is 11.8 Å². The van der Waals surface area contributed by atoms with Crippen LogP contribution in [0, 0.1) is 12.8 Å². The fourth-order valence-corrected chi connectivity index (χ4v) is 2.54. The normalized spacial score (nSPS) is 18.6. The maximum Gasteiger partial charge on any atom is 0.0772 e. The molecule has 1 aliphatic carbocycles. The first-order valence-electron chi connectivity index (χ1n) is 6.88. The van der Waals surface area contributed by atoms with Crippen LogP contribution in [0.3, 0.4) is 0 Å². The standard InChI is InChI=1S/C15H24N2O/c1-3-18-15(12-8-9-12)14(17-16)10-13-7-5-4-6-11(13)2/h4-7,12,14-15,17H,3,8-10,16H2,1-2H3. The number of nitrogens with one attached hydrogen (secondary N) is 1. The lowest BCUT2D eigenvalue weighted by Crippen LogP contribution is -2.47. The molecule has 1 fully saturated rings. The van der Waals surface area contributed by atoms with E-state index < -0.39 is 0 Å². The maximum absolute atomic E-state index is 5.89. The molecule has 1 aliphatic rings. The summed E-state index contributed by atoms with van der Waals surface area (Å²) in [4.78, 5) is 0. The third-order valence-corrected chi connectivity index (χ3v) is 3.76. The maximum atomic E-state index is 5.89. The lowest BCUT2D eigenvalue weighted by Gasteiger charge is -2.27. The summed E-state index contributed by atoms with van der Waals surface area (Å²) in [6.45, 7) is 4.96. The van der Waals surface area contributed by atoms with Crippen LogP contribution in [0.15, 0.2) is 24.3 Å². The molecule has 0 saturated heterocycles. The third kappa shape index (κ3) is 3.31. The van der Waals surface area contributed by atoms with E-state index in [1.807, 2.05) is 0 Å². The van der Waals surface area contributed by atoms with E-state index in [0.717, 1.165) is 13.0 Å². The minimum atomic E-state index is 0.207. The van der Waals surface area contributed by atoms with E-state index in [4.69, 9.17) is 10.6 Å². The molecule has 0 spiro atoms. The Hall–Kier alpha value is -0.900. The predicted molar refractivity (Wildman–Crippen MR) is 74.1 cm³/mol. The molecule has 0 aromatic heterocycles. The Morgan fingerprint density at radius 2 is 2.11 bits per heavy atom. The van der Waals surface area contributed by atoms with Gasteiger partial charge >= 0.3 is 0 Å². The van der Waals surface area contributed by atoms with Crippen molar-refractivity contribution in [1.29, 1.82) is 0 Å². The minimum Gasteiger partial charge on any atom is -0.377 e. The molecule has 2 rings (SSSR count). The van der Waals surface area contributed by atoms with Crippen LogP contribution in [-0.4, -0.2) is 18.8 Å². The molecule has 0 amide bonds. The first kappa shape index (κ1) is 13.5. The molecule has 18 heavy (non-hydrogen) atoms. The minimum absolute atomic E-state index is 0.207. The number of nitrogens with two attached hydrogens (primary N) is 1. The van der Waals surface area contributed by atoms with Gasteiger partial charge < -0.3 is 4.74 Å². The zero-order chi connectivity index (χ0) is 13.0. The molecule has 100 valence electrons. The molecule has 3 nitrogen and oxygen atoms in total. The van der Waals surface area contributed by atoms with Crippen molar-refractivity contribution in [3.8, 4) is 0 Å². The molecule has 2 unspecified atom stereocenters. The number of rotatable bonds is 7. The Kier molecular flexibility index (Phi) is 4.75. The number of hydrazine groups is 1. The molecule has 3 N–H and O–H groups in total. The lowest BCUT2D eigenvalue weighted by molar-refractivity contribution is 0.0191. The summed E-state index contributed by atoms with van der Waals surface area (Å²) in [6, 6.07) is 8.69. The van der Waals surface area contributed by atoms with Gasteiger partial charge in [-0.1, -0.05) is 24.3 Å². The Labute approximate surface area is 110 Å². The van der Waals surface area contributed by atoms with Crippen LogP contribution in [0.5, 0.6) is 0 Å². The monoisotopic (exact) mass is 248 g/mol. The zero-order valence-electron chi connectivity index (χ0n) is 11.4. The second kappa shape index (κ2) is 6.32. The zero-order valence-corrected chi connectivity index (χ0v) is 11.4. The number of hydrogen-bond donors (Lipinski definition) is 2. The number of aryl methyl sites for hydroxylation is 1. The molecule has 1 saturated carbocycles. The smallest absolute Gasteiger partial charge is 0.0772 e. The average Bonchev–Trinajstić information content (AvgIpc) is 3.20. The van der Waals surface area contributed by atoms with Gasteiger partial charge in [0, 0.05) is 6.61 Å². The molecule has 0 aliphatic heterocycles. The van der Waals surface area contributed by atoms with E-state index in [0.29, 0.717) is 5.92 Å². The van der Waals surface area contributed by atoms with Crippen LogP contribution in [0.25, 0.3) is 0 Å². The molecule has 2 atom stereocenters. The van der Waals surface area contributed by atoms with Crippen molar-refractivity contribution < 1.29 is 4.74 Å². The molecular weight excluding hydrogens is 224 g/mol. The van der Waals surface area contributed by atoms with Gasteiger partial charge in [-0.25, -0.2) is 0 Å². The lowest BCUT2D eigenvalue weighted by atomic mass is 9.96. The van der Waals surface area contributed by atoms with E-state index in [2.05, 4.69) is 43.5 Å². The second-order valence-electron chi connectivity index (χ2n) is 5.16. The van der Waals surface area contributed by atoms with Crippen molar-refractivity contribution in [1.82, 2.24) is 5.43 Å². The third-order valence-electron chi connectivity index (χ3n) is 3.76. The summed E-state index contributed by atoms with van der Waals surface area (Å²) >= 11 is 0. The summed E-state index contributed by atoms with van der Waals surface area (Å²) in [5, 5.41) is 0. The van der Waals surface area contributed by atoms with Crippen LogP contribution in [0.4, 0.5) is 0 Å². The number of ether oxygens (including phenoxy) is 1. The molecule has 0 radical (unpaired) electrons. The Morgan fingerprint density at radius 3 is 2.67 bits per heavy atom. The number of hydrogen-bond acceptors (Lipinski definition) is 3. The van der Waals surface area contributed by atoms with Gasteiger partial charge in [-0.3, -0.25) is 11.3 Å². The van der Waals surface area contributed by atoms with E-state index in [1.54, 1.807) is 0 Å². The summed E-state index contributed by atoms with van der Waals surface area (Å²) in [7, 11) is 0. The van der Waals surface area contributed by atoms with Gasteiger partial charge in [0.15, 0.2) is 0 Å². The molecule has 0 heterocycles. The SMILES string of the molecule is CCOC(C1CC1)C(Cc1ccccc1C)NN. The summed E-state index contributed by atoms with van der Waals surface area (Å²) < 4.78 is 5.89. The largest absolute Gasteiger partial charge is 0.377 e. The van der Waals surface area contributed by atoms with Gasteiger partial charge in [0.05, 0.1) is 12.1 Å². The van der Waals surface area contributed by atoms with Gasteiger partial charge in [0.1, 0.15) is 0 Å². The van der Waals surface area contributed by atoms with Crippen molar-refractivity contribution in [2.75, 3.05) is 6.61 Å². The van der Waals surface area contributed by atoms with Crippen molar-refractivity contribution >= 4 is 0 Å². The van der Waals surface area contributed by atoms with E-state index in [9.17, 15) is 0 Å². The molecule has 0 bridgehead atoms. The van der Waals surface area contributed by atoms with Gasteiger partial charge in [0.25, 0.3) is 0 Å². The highest BCUT2D eigenvalue weighted by atomic mass is 16.5. The van der Waals surface area contributed by atoms with E-state index >= 15 is 0 Å². The van der Waals surface area contributed by atoms with Crippen molar-refractivity contribution in [3.63, 3.8) is 0 Å². The Morgan fingerprint density at radius 1 is 1.39 bits per heavy atom. The van der Waals surface area contributed by atoms with Gasteiger partial charge in [-0.05, 0) is 50.2 Å². The average molecular weight is 248 g/mol. The summed E-state index contributed by atoms with van der Waals surface area (Å²) in [5.41, 5.74) is 5.63. The highest BCUT2D eigenvalue weighted by molar-refractivity contribution is 5.26. The highest BCUT2D eigenvalue weighted by Crippen LogP contribution is 2.36. The Balaban J connectivity index is 2.05. The first-order chi connectivity index (χ1) is 8.76. The molecule has 1 aromatic rings. The predicted octanol–water partition coefficient (Wildman–Crippen LogP) is 2.18. The molecule has 1 aromatic carbocycles. The van der Waals surface area contributed by atoms with E-state index in [1.165, 1.54) is 24.0 Å². The quantitative estimate of drug-likeness (QED) is 0.574.